The molecule has 0 amide bonds. The summed E-state index contributed by atoms with van der Waals surface area (Å²) in [6, 6.07) is 16.7. The van der Waals surface area contributed by atoms with Crippen LogP contribution >= 0.6 is 0 Å². The van der Waals surface area contributed by atoms with Gasteiger partial charge in [-0.2, -0.15) is 9.97 Å². The molecule has 0 aliphatic heterocycles. The molecule has 4 rings (SSSR count). The van der Waals surface area contributed by atoms with Gasteiger partial charge in [0.1, 0.15) is 11.5 Å². The van der Waals surface area contributed by atoms with E-state index < -0.39 is 0 Å². The zero-order valence-electron chi connectivity index (χ0n) is 14.2. The quantitative estimate of drug-likeness (QED) is 0.516. The number of fused-ring (bicyclic) bond motifs is 1. The second kappa shape index (κ2) is 5.63. The normalized spacial score (nSPS) is 11.1. The summed E-state index contributed by atoms with van der Waals surface area (Å²) < 4.78 is 0. The van der Waals surface area contributed by atoms with Gasteiger partial charge in [-0.25, -0.2) is 0 Å². The highest BCUT2D eigenvalue weighted by Gasteiger charge is 2.19. The molecule has 5 nitrogen and oxygen atoms in total. The van der Waals surface area contributed by atoms with Gasteiger partial charge in [0.2, 0.25) is 5.95 Å². The van der Waals surface area contributed by atoms with Gasteiger partial charge in [-0.3, -0.25) is 0 Å². The lowest BCUT2D eigenvalue weighted by Crippen LogP contribution is -1.99. The molecule has 0 atom stereocenters. The van der Waals surface area contributed by atoms with E-state index in [1.54, 1.807) is 0 Å². The molecule has 2 heterocycles. The first-order valence-electron chi connectivity index (χ1n) is 8.11. The van der Waals surface area contributed by atoms with E-state index in [-0.39, 0.29) is 5.95 Å². The van der Waals surface area contributed by atoms with Gasteiger partial charge in [0.05, 0.1) is 11.1 Å². The Labute approximate surface area is 145 Å². The lowest BCUT2D eigenvalue weighted by molar-refractivity contribution is 1.22. The average Bonchev–Trinajstić information content (AvgIpc) is 2.96. The van der Waals surface area contributed by atoms with Gasteiger partial charge in [-0.05, 0) is 25.0 Å². The average molecular weight is 329 g/mol. The molecule has 0 fully saturated rings. The van der Waals surface area contributed by atoms with Gasteiger partial charge in [-0.1, -0.05) is 59.7 Å². The summed E-state index contributed by atoms with van der Waals surface area (Å²) in [5.41, 5.74) is 19.1. The highest BCUT2D eigenvalue weighted by atomic mass is 15.1. The topological polar surface area (TPSA) is 93.6 Å². The number of hydrogen-bond acceptors (Lipinski definition) is 4. The van der Waals surface area contributed by atoms with Gasteiger partial charge in [0.15, 0.2) is 0 Å². The fraction of sp³-hybridized carbons (Fsp3) is 0.100. The van der Waals surface area contributed by atoms with Gasteiger partial charge in [-0.15, -0.1) is 0 Å². The van der Waals surface area contributed by atoms with Crippen LogP contribution in [0.2, 0.25) is 0 Å². The monoisotopic (exact) mass is 329 g/mol. The van der Waals surface area contributed by atoms with E-state index in [0.717, 1.165) is 27.8 Å². The number of anilines is 2. The van der Waals surface area contributed by atoms with Crippen molar-refractivity contribution in [2.45, 2.75) is 13.8 Å². The van der Waals surface area contributed by atoms with Crippen LogP contribution in [0.5, 0.6) is 0 Å². The number of nitrogens with one attached hydrogen (secondary N) is 1. The van der Waals surface area contributed by atoms with E-state index in [2.05, 4.69) is 77.3 Å². The fourth-order valence-electron chi connectivity index (χ4n) is 3.08. The Balaban J connectivity index is 2.07. The zero-order chi connectivity index (χ0) is 17.6. The second-order valence-electron chi connectivity index (χ2n) is 6.30. The first-order valence-corrected chi connectivity index (χ1v) is 8.11. The molecule has 0 radical (unpaired) electrons. The van der Waals surface area contributed by atoms with E-state index in [1.165, 1.54) is 11.1 Å². The number of rotatable bonds is 2. The van der Waals surface area contributed by atoms with E-state index in [9.17, 15) is 0 Å². The van der Waals surface area contributed by atoms with Crippen LogP contribution < -0.4 is 11.5 Å². The Morgan fingerprint density at radius 1 is 0.760 bits per heavy atom. The molecule has 5 N–H and O–H groups in total. The molecule has 2 aromatic carbocycles. The molecular formula is C20H19N5. The number of nitrogen functional groups attached to an aromatic ring is 2. The summed E-state index contributed by atoms with van der Waals surface area (Å²) in [6.45, 7) is 4.14. The van der Waals surface area contributed by atoms with Crippen LogP contribution in [0.1, 0.15) is 11.1 Å². The lowest BCUT2D eigenvalue weighted by Gasteiger charge is -2.07. The number of nitrogens with zero attached hydrogens (tertiary/aromatic N) is 2. The fourth-order valence-corrected chi connectivity index (χ4v) is 3.08. The first kappa shape index (κ1) is 15.2. The van der Waals surface area contributed by atoms with Crippen molar-refractivity contribution in [2.24, 2.45) is 0 Å². The predicted molar refractivity (Wildman–Crippen MR) is 103 cm³/mol. The first-order chi connectivity index (χ1) is 12.0. The molecule has 0 saturated heterocycles. The van der Waals surface area contributed by atoms with E-state index >= 15 is 0 Å². The van der Waals surface area contributed by atoms with Crippen molar-refractivity contribution < 1.29 is 0 Å². The SMILES string of the molecule is Cc1ccc(-c2[nH]c3nc(N)nc(N)c3c2-c2ccc(C)cc2)cc1. The Bertz CT molecular complexity index is 1060. The van der Waals surface area contributed by atoms with Crippen molar-refractivity contribution in [3.63, 3.8) is 0 Å². The summed E-state index contributed by atoms with van der Waals surface area (Å²) in [5, 5.41) is 0.800. The summed E-state index contributed by atoms with van der Waals surface area (Å²) in [7, 11) is 0. The van der Waals surface area contributed by atoms with Crippen molar-refractivity contribution in [1.29, 1.82) is 0 Å². The second-order valence-corrected chi connectivity index (χ2v) is 6.30. The molecular weight excluding hydrogens is 310 g/mol. The Morgan fingerprint density at radius 2 is 1.32 bits per heavy atom. The molecule has 2 aromatic heterocycles. The molecule has 4 aromatic rings. The largest absolute Gasteiger partial charge is 0.383 e. The van der Waals surface area contributed by atoms with Gasteiger partial charge >= 0.3 is 0 Å². The Hall–Kier alpha value is -3.34. The molecule has 0 unspecified atom stereocenters. The Kier molecular flexibility index (Phi) is 3.42. The van der Waals surface area contributed by atoms with Gasteiger partial charge in [0, 0.05) is 5.56 Å². The zero-order valence-corrected chi connectivity index (χ0v) is 14.2. The number of H-pyrrole nitrogens is 1. The molecule has 0 spiro atoms. The third-order valence-corrected chi connectivity index (χ3v) is 4.38. The standard InChI is InChI=1S/C20H19N5/c1-11-3-7-13(8-4-11)15-16-18(21)24-20(22)25-19(16)23-17(15)14-9-5-12(2)6-10-14/h3-10H,1-2H3,(H5,21,22,23,24,25). The molecule has 5 heteroatoms. The van der Waals surface area contributed by atoms with Crippen LogP contribution in [0, 0.1) is 13.8 Å². The smallest absolute Gasteiger partial charge is 0.223 e. The number of hydrogen-bond donors (Lipinski definition) is 3. The summed E-state index contributed by atoms with van der Waals surface area (Å²) in [5.74, 6) is 0.546. The van der Waals surface area contributed by atoms with Crippen molar-refractivity contribution in [1.82, 2.24) is 15.0 Å². The number of aromatic amines is 1. The molecule has 0 saturated carbocycles. The van der Waals surface area contributed by atoms with Crippen molar-refractivity contribution in [3.8, 4) is 22.4 Å². The highest BCUT2D eigenvalue weighted by Crippen LogP contribution is 2.40. The maximum absolute atomic E-state index is 6.19. The number of aryl methyl sites for hydroxylation is 2. The van der Waals surface area contributed by atoms with Crippen molar-refractivity contribution in [2.75, 3.05) is 11.5 Å². The van der Waals surface area contributed by atoms with E-state index in [0.29, 0.717) is 11.5 Å². The minimum Gasteiger partial charge on any atom is -0.383 e. The highest BCUT2D eigenvalue weighted by molar-refractivity contribution is 6.07. The molecule has 0 aliphatic carbocycles. The number of aromatic nitrogens is 3. The third kappa shape index (κ3) is 2.59. The summed E-state index contributed by atoms with van der Waals surface area (Å²) in [4.78, 5) is 11.9. The van der Waals surface area contributed by atoms with Crippen LogP contribution in [0.25, 0.3) is 33.4 Å². The molecule has 0 bridgehead atoms. The van der Waals surface area contributed by atoms with Crippen LogP contribution in [0.15, 0.2) is 48.5 Å². The van der Waals surface area contributed by atoms with Gasteiger partial charge < -0.3 is 16.5 Å². The molecule has 124 valence electrons. The van der Waals surface area contributed by atoms with Crippen molar-refractivity contribution >= 4 is 22.8 Å². The third-order valence-electron chi connectivity index (χ3n) is 4.38. The van der Waals surface area contributed by atoms with Crippen molar-refractivity contribution in [3.05, 3.63) is 59.7 Å². The minimum absolute atomic E-state index is 0.164. The lowest BCUT2D eigenvalue weighted by atomic mass is 9.98. The maximum atomic E-state index is 6.19. The number of benzene rings is 2. The molecule has 0 aliphatic rings. The summed E-state index contributed by atoms with van der Waals surface area (Å²) in [6.07, 6.45) is 0. The number of nitrogens with two attached hydrogens (primary N) is 2. The maximum Gasteiger partial charge on any atom is 0.223 e. The van der Waals surface area contributed by atoms with Gasteiger partial charge in [0.25, 0.3) is 0 Å². The van der Waals surface area contributed by atoms with Crippen LogP contribution in [-0.2, 0) is 0 Å². The Morgan fingerprint density at radius 3 is 1.92 bits per heavy atom. The van der Waals surface area contributed by atoms with Crippen LogP contribution in [-0.4, -0.2) is 15.0 Å². The minimum atomic E-state index is 0.164. The van der Waals surface area contributed by atoms with E-state index in [1.807, 2.05) is 0 Å². The predicted octanol–water partition coefficient (Wildman–Crippen LogP) is 4.07. The molecule has 25 heavy (non-hydrogen) atoms. The summed E-state index contributed by atoms with van der Waals surface area (Å²) >= 11 is 0. The van der Waals surface area contributed by atoms with Crippen LogP contribution in [0.3, 0.4) is 0 Å². The van der Waals surface area contributed by atoms with Crippen LogP contribution in [0.4, 0.5) is 11.8 Å². The van der Waals surface area contributed by atoms with E-state index in [4.69, 9.17) is 11.5 Å².